The van der Waals surface area contributed by atoms with Gasteiger partial charge in [0.25, 0.3) is 5.91 Å². The molecule has 1 aliphatic rings. The molecule has 0 saturated carbocycles. The minimum Gasteiger partial charge on any atom is -0.488 e. The quantitative estimate of drug-likeness (QED) is 0.716. The lowest BCUT2D eigenvalue weighted by Gasteiger charge is -2.32. The number of ether oxygens (including phenoxy) is 1. The Morgan fingerprint density at radius 3 is 2.54 bits per heavy atom. The highest BCUT2D eigenvalue weighted by atomic mass is 16.5. The molecule has 0 unspecified atom stereocenters. The van der Waals surface area contributed by atoms with Crippen molar-refractivity contribution in [1.29, 1.82) is 0 Å². The van der Waals surface area contributed by atoms with Crippen molar-refractivity contribution in [2.45, 2.75) is 45.1 Å². The maximum atomic E-state index is 12.9. The zero-order valence-electron chi connectivity index (χ0n) is 16.7. The molecule has 0 spiro atoms. The van der Waals surface area contributed by atoms with Crippen LogP contribution in [0.2, 0.25) is 0 Å². The van der Waals surface area contributed by atoms with Crippen molar-refractivity contribution < 1.29 is 9.53 Å². The average Bonchev–Trinajstić information content (AvgIpc) is 3.11. The van der Waals surface area contributed by atoms with Crippen molar-refractivity contribution in [1.82, 2.24) is 14.9 Å². The third-order valence-electron chi connectivity index (χ3n) is 5.23. The van der Waals surface area contributed by atoms with Gasteiger partial charge in [-0.3, -0.25) is 4.79 Å². The van der Waals surface area contributed by atoms with Gasteiger partial charge in [0.15, 0.2) is 0 Å². The number of carbonyl (C=O) groups excluding carboxylic acids is 1. The van der Waals surface area contributed by atoms with Gasteiger partial charge in [0.1, 0.15) is 17.0 Å². The summed E-state index contributed by atoms with van der Waals surface area (Å²) in [5, 5.41) is 1.20. The number of nitrogens with zero attached hydrogens (tertiary/aromatic N) is 2. The molecule has 5 heteroatoms. The van der Waals surface area contributed by atoms with Crippen LogP contribution in [-0.2, 0) is 0 Å². The van der Waals surface area contributed by atoms with Crippen LogP contribution in [0.25, 0.3) is 11.0 Å². The molecule has 1 amide bonds. The Balaban J connectivity index is 1.40. The molecule has 28 heavy (non-hydrogen) atoms. The van der Waals surface area contributed by atoms with E-state index >= 15 is 0 Å². The number of rotatable bonds is 3. The third kappa shape index (κ3) is 3.88. The summed E-state index contributed by atoms with van der Waals surface area (Å²) in [6, 6.07) is 11.6. The molecule has 1 saturated heterocycles. The van der Waals surface area contributed by atoms with Crippen molar-refractivity contribution in [3.63, 3.8) is 0 Å². The number of hydrogen-bond donors (Lipinski definition) is 1. The number of amides is 1. The van der Waals surface area contributed by atoms with E-state index in [1.807, 2.05) is 62.2 Å². The van der Waals surface area contributed by atoms with E-state index in [9.17, 15) is 4.79 Å². The predicted octanol–water partition coefficient (Wildman–Crippen LogP) is 4.76. The van der Waals surface area contributed by atoms with Crippen LogP contribution in [0.5, 0.6) is 5.75 Å². The summed E-state index contributed by atoms with van der Waals surface area (Å²) in [7, 11) is 0. The van der Waals surface area contributed by atoms with Gasteiger partial charge in [-0.15, -0.1) is 0 Å². The Morgan fingerprint density at radius 1 is 1.14 bits per heavy atom. The second-order valence-corrected chi connectivity index (χ2v) is 8.45. The van der Waals surface area contributed by atoms with E-state index in [0.29, 0.717) is 5.92 Å². The van der Waals surface area contributed by atoms with Gasteiger partial charge < -0.3 is 14.6 Å². The minimum absolute atomic E-state index is 0.0985. The molecule has 5 nitrogen and oxygen atoms in total. The molecule has 2 aromatic heterocycles. The molecule has 0 aliphatic carbocycles. The van der Waals surface area contributed by atoms with Crippen molar-refractivity contribution in [2.24, 2.45) is 0 Å². The number of pyridine rings is 1. The summed E-state index contributed by atoms with van der Waals surface area (Å²) >= 11 is 0. The normalized spacial score (nSPS) is 15.8. The largest absolute Gasteiger partial charge is 0.488 e. The number of carbonyl (C=O) groups is 1. The lowest BCUT2D eigenvalue weighted by atomic mass is 9.89. The van der Waals surface area contributed by atoms with Crippen LogP contribution < -0.4 is 4.74 Å². The van der Waals surface area contributed by atoms with Crippen molar-refractivity contribution in [3.8, 4) is 5.75 Å². The third-order valence-corrected chi connectivity index (χ3v) is 5.23. The van der Waals surface area contributed by atoms with Crippen LogP contribution in [0.15, 0.2) is 48.8 Å². The first-order valence-electron chi connectivity index (χ1n) is 9.91. The Bertz CT molecular complexity index is 961. The highest BCUT2D eigenvalue weighted by Gasteiger charge is 2.26. The first kappa shape index (κ1) is 18.5. The first-order valence-corrected chi connectivity index (χ1v) is 9.91. The molecule has 1 aliphatic heterocycles. The molecule has 1 fully saturated rings. The highest BCUT2D eigenvalue weighted by molar-refractivity contribution is 5.94. The van der Waals surface area contributed by atoms with E-state index in [1.165, 1.54) is 10.9 Å². The number of aromatic nitrogens is 2. The topological polar surface area (TPSA) is 58.2 Å². The van der Waals surface area contributed by atoms with E-state index in [0.717, 1.165) is 42.9 Å². The van der Waals surface area contributed by atoms with E-state index in [2.05, 4.69) is 22.2 Å². The Hall–Kier alpha value is -2.82. The van der Waals surface area contributed by atoms with Gasteiger partial charge in [0, 0.05) is 36.4 Å². The number of H-pyrrole nitrogens is 1. The van der Waals surface area contributed by atoms with Crippen LogP contribution in [0, 0.1) is 0 Å². The zero-order chi connectivity index (χ0) is 19.7. The van der Waals surface area contributed by atoms with Crippen LogP contribution >= 0.6 is 0 Å². The minimum atomic E-state index is -0.245. The molecule has 3 aromatic rings. The summed E-state index contributed by atoms with van der Waals surface area (Å²) in [5.74, 6) is 1.35. The molecule has 0 radical (unpaired) electrons. The molecule has 146 valence electrons. The standard InChI is InChI=1S/C23H27N3O2/c1-23(2,3)28-18-8-6-17(7-9-18)22(27)26-13-10-16(11-14-26)20-15-25-21-19(20)5-4-12-24-21/h4-9,12,15-16H,10-11,13-14H2,1-3H3,(H,24,25). The molecular weight excluding hydrogens is 350 g/mol. The number of hydrogen-bond acceptors (Lipinski definition) is 3. The first-order chi connectivity index (χ1) is 13.4. The summed E-state index contributed by atoms with van der Waals surface area (Å²) in [4.78, 5) is 22.5. The molecule has 1 aromatic carbocycles. The monoisotopic (exact) mass is 377 g/mol. The number of nitrogens with one attached hydrogen (secondary N) is 1. The second kappa shape index (κ2) is 7.30. The molecule has 4 rings (SSSR count). The molecular formula is C23H27N3O2. The fourth-order valence-corrected chi connectivity index (χ4v) is 3.91. The lowest BCUT2D eigenvalue weighted by Crippen LogP contribution is -2.37. The number of benzene rings is 1. The van der Waals surface area contributed by atoms with Gasteiger partial charge in [-0.1, -0.05) is 0 Å². The van der Waals surface area contributed by atoms with E-state index in [1.54, 1.807) is 0 Å². The number of piperidine rings is 1. The molecule has 3 heterocycles. The van der Waals surface area contributed by atoms with Crippen molar-refractivity contribution >= 4 is 16.9 Å². The van der Waals surface area contributed by atoms with E-state index in [-0.39, 0.29) is 11.5 Å². The van der Waals surface area contributed by atoms with E-state index in [4.69, 9.17) is 4.74 Å². The fourth-order valence-electron chi connectivity index (χ4n) is 3.91. The number of likely N-dealkylation sites (tertiary alicyclic amines) is 1. The Labute approximate surface area is 165 Å². The van der Waals surface area contributed by atoms with E-state index < -0.39 is 0 Å². The smallest absolute Gasteiger partial charge is 0.253 e. The summed E-state index contributed by atoms with van der Waals surface area (Å²) in [6.45, 7) is 7.59. The zero-order valence-corrected chi connectivity index (χ0v) is 16.7. The van der Waals surface area contributed by atoms with Crippen LogP contribution in [-0.4, -0.2) is 39.5 Å². The molecule has 1 N–H and O–H groups in total. The number of aromatic amines is 1. The van der Waals surface area contributed by atoms with Crippen molar-refractivity contribution in [2.75, 3.05) is 13.1 Å². The summed E-state index contributed by atoms with van der Waals surface area (Å²) in [5.41, 5.74) is 2.73. The highest BCUT2D eigenvalue weighted by Crippen LogP contribution is 2.33. The maximum absolute atomic E-state index is 12.9. The van der Waals surface area contributed by atoms with Gasteiger partial charge >= 0.3 is 0 Å². The number of fused-ring (bicyclic) bond motifs is 1. The van der Waals surface area contributed by atoms with Gasteiger partial charge in [-0.2, -0.15) is 0 Å². The van der Waals surface area contributed by atoms with Gasteiger partial charge in [-0.05, 0) is 81.5 Å². The van der Waals surface area contributed by atoms with Gasteiger partial charge in [-0.25, -0.2) is 4.98 Å². The predicted molar refractivity (Wildman–Crippen MR) is 111 cm³/mol. The van der Waals surface area contributed by atoms with Crippen LogP contribution in [0.3, 0.4) is 0 Å². The van der Waals surface area contributed by atoms with Crippen LogP contribution in [0.4, 0.5) is 0 Å². The Kier molecular flexibility index (Phi) is 4.84. The van der Waals surface area contributed by atoms with Gasteiger partial charge in [0.2, 0.25) is 0 Å². The summed E-state index contributed by atoms with van der Waals surface area (Å²) < 4.78 is 5.84. The van der Waals surface area contributed by atoms with Crippen molar-refractivity contribution in [3.05, 3.63) is 59.9 Å². The van der Waals surface area contributed by atoms with Gasteiger partial charge in [0.05, 0.1) is 0 Å². The fraction of sp³-hybridized carbons (Fsp3) is 0.391. The summed E-state index contributed by atoms with van der Waals surface area (Å²) in [6.07, 6.45) is 5.83. The molecule has 0 atom stereocenters. The average molecular weight is 377 g/mol. The van der Waals surface area contributed by atoms with Crippen LogP contribution in [0.1, 0.15) is 55.5 Å². The molecule has 0 bridgehead atoms. The maximum Gasteiger partial charge on any atom is 0.253 e. The SMILES string of the molecule is CC(C)(C)Oc1ccc(C(=O)N2CCC(c3c[nH]c4ncccc34)CC2)cc1. The Morgan fingerprint density at radius 2 is 1.86 bits per heavy atom. The second-order valence-electron chi connectivity index (χ2n) is 8.45. The lowest BCUT2D eigenvalue weighted by molar-refractivity contribution is 0.0713.